The third kappa shape index (κ3) is 8.45. The van der Waals surface area contributed by atoms with Crippen LogP contribution in [-0.2, 0) is 0 Å². The highest BCUT2D eigenvalue weighted by molar-refractivity contribution is 7.80. The second-order valence-corrected chi connectivity index (χ2v) is 4.25. The van der Waals surface area contributed by atoms with Crippen molar-refractivity contribution in [2.24, 2.45) is 11.8 Å². The van der Waals surface area contributed by atoms with Crippen molar-refractivity contribution in [2.75, 3.05) is 0 Å². The van der Waals surface area contributed by atoms with Gasteiger partial charge in [0.05, 0.1) is 0 Å². The van der Waals surface area contributed by atoms with Gasteiger partial charge < -0.3 is 0 Å². The third-order valence-corrected chi connectivity index (χ3v) is 2.83. The van der Waals surface area contributed by atoms with E-state index < -0.39 is 0 Å². The van der Waals surface area contributed by atoms with Crippen LogP contribution in [-0.4, -0.2) is 5.25 Å². The summed E-state index contributed by atoms with van der Waals surface area (Å²) in [6.07, 6.45) is 2.46. The van der Waals surface area contributed by atoms with Gasteiger partial charge in [-0.05, 0) is 24.7 Å². The molecule has 0 N–H and O–H groups in total. The van der Waals surface area contributed by atoms with Gasteiger partial charge in [-0.3, -0.25) is 0 Å². The standard InChI is InChI=1S/C9H20S.C2H6/c1-5-9(10)6-8(4)7(2)3;1-2/h7-10H,5-6H2,1-4H3;1-2H3. The quantitative estimate of drug-likeness (QED) is 0.624. The highest BCUT2D eigenvalue weighted by Crippen LogP contribution is 2.20. The Balaban J connectivity index is 0. The maximum absolute atomic E-state index is 4.46. The molecule has 0 saturated heterocycles. The van der Waals surface area contributed by atoms with Crippen LogP contribution >= 0.6 is 12.6 Å². The molecule has 0 aromatic heterocycles. The van der Waals surface area contributed by atoms with Crippen molar-refractivity contribution in [3.05, 3.63) is 0 Å². The SMILES string of the molecule is CC.CCC(S)CC(C)C(C)C. The number of rotatable bonds is 4. The first-order valence-corrected chi connectivity index (χ1v) is 5.77. The molecule has 0 fully saturated rings. The molecule has 2 unspecified atom stereocenters. The summed E-state index contributed by atoms with van der Waals surface area (Å²) < 4.78 is 0. The van der Waals surface area contributed by atoms with Crippen molar-refractivity contribution in [2.45, 2.75) is 59.6 Å². The fourth-order valence-electron chi connectivity index (χ4n) is 0.868. The molecular formula is C11H26S. The monoisotopic (exact) mass is 190 g/mol. The van der Waals surface area contributed by atoms with Crippen LogP contribution in [0.1, 0.15) is 54.4 Å². The Kier molecular flexibility index (Phi) is 11.7. The fourth-order valence-corrected chi connectivity index (χ4v) is 1.20. The minimum atomic E-state index is 0.609. The summed E-state index contributed by atoms with van der Waals surface area (Å²) in [5, 5.41) is 0.609. The van der Waals surface area contributed by atoms with Crippen LogP contribution in [0.3, 0.4) is 0 Å². The molecule has 0 radical (unpaired) electrons. The number of hydrogen-bond acceptors (Lipinski definition) is 1. The zero-order chi connectivity index (χ0) is 10.1. The van der Waals surface area contributed by atoms with Gasteiger partial charge in [0.25, 0.3) is 0 Å². The van der Waals surface area contributed by atoms with Crippen molar-refractivity contribution in [1.29, 1.82) is 0 Å². The lowest BCUT2D eigenvalue weighted by molar-refractivity contribution is 0.386. The van der Waals surface area contributed by atoms with E-state index in [2.05, 4.69) is 40.3 Å². The van der Waals surface area contributed by atoms with Crippen LogP contribution in [0, 0.1) is 11.8 Å². The average Bonchev–Trinajstić information content (AvgIpc) is 2.07. The van der Waals surface area contributed by atoms with Gasteiger partial charge in [-0.15, -0.1) is 0 Å². The molecule has 12 heavy (non-hydrogen) atoms. The van der Waals surface area contributed by atoms with Crippen LogP contribution in [0.5, 0.6) is 0 Å². The highest BCUT2D eigenvalue weighted by Gasteiger charge is 2.10. The predicted octanol–water partition coefficient (Wildman–Crippen LogP) is 4.40. The Morgan fingerprint density at radius 2 is 1.50 bits per heavy atom. The molecule has 0 bridgehead atoms. The minimum Gasteiger partial charge on any atom is -0.176 e. The minimum absolute atomic E-state index is 0.609. The van der Waals surface area contributed by atoms with Gasteiger partial charge in [-0.2, -0.15) is 12.6 Å². The lowest BCUT2D eigenvalue weighted by Gasteiger charge is -2.18. The van der Waals surface area contributed by atoms with E-state index in [1.54, 1.807) is 0 Å². The summed E-state index contributed by atoms with van der Waals surface area (Å²) >= 11 is 4.46. The van der Waals surface area contributed by atoms with E-state index in [0.29, 0.717) is 5.25 Å². The molecule has 0 aliphatic heterocycles. The lowest BCUT2D eigenvalue weighted by Crippen LogP contribution is -2.10. The average molecular weight is 190 g/mol. The van der Waals surface area contributed by atoms with Crippen LogP contribution < -0.4 is 0 Å². The summed E-state index contributed by atoms with van der Waals surface area (Å²) in [5.41, 5.74) is 0. The molecule has 0 spiro atoms. The molecule has 0 aromatic rings. The van der Waals surface area contributed by atoms with Crippen molar-refractivity contribution in [3.63, 3.8) is 0 Å². The summed E-state index contributed by atoms with van der Waals surface area (Å²) in [7, 11) is 0. The van der Waals surface area contributed by atoms with Gasteiger partial charge >= 0.3 is 0 Å². The predicted molar refractivity (Wildman–Crippen MR) is 63.0 cm³/mol. The first kappa shape index (κ1) is 14.9. The van der Waals surface area contributed by atoms with E-state index in [1.165, 1.54) is 12.8 Å². The molecule has 0 aromatic carbocycles. The Morgan fingerprint density at radius 1 is 1.08 bits per heavy atom. The number of hydrogen-bond donors (Lipinski definition) is 1. The zero-order valence-corrected chi connectivity index (χ0v) is 10.5. The van der Waals surface area contributed by atoms with Crippen LogP contribution in [0.4, 0.5) is 0 Å². The van der Waals surface area contributed by atoms with E-state index in [9.17, 15) is 0 Å². The molecule has 2 atom stereocenters. The molecule has 0 saturated carbocycles. The highest BCUT2D eigenvalue weighted by atomic mass is 32.1. The smallest absolute Gasteiger partial charge is 0.00168 e. The van der Waals surface area contributed by atoms with Gasteiger partial charge in [-0.25, -0.2) is 0 Å². The Morgan fingerprint density at radius 3 is 1.75 bits per heavy atom. The van der Waals surface area contributed by atoms with Crippen molar-refractivity contribution in [1.82, 2.24) is 0 Å². The molecule has 0 nitrogen and oxygen atoms in total. The van der Waals surface area contributed by atoms with Crippen LogP contribution in [0.15, 0.2) is 0 Å². The molecule has 0 rings (SSSR count). The van der Waals surface area contributed by atoms with E-state index in [1.807, 2.05) is 13.8 Å². The molecular weight excluding hydrogens is 164 g/mol. The van der Waals surface area contributed by atoms with Gasteiger partial charge in [0.2, 0.25) is 0 Å². The molecule has 0 aliphatic carbocycles. The van der Waals surface area contributed by atoms with Crippen LogP contribution in [0.2, 0.25) is 0 Å². The zero-order valence-electron chi connectivity index (χ0n) is 9.59. The maximum atomic E-state index is 4.46. The Bertz CT molecular complexity index is 79.1. The van der Waals surface area contributed by atoms with Crippen molar-refractivity contribution in [3.8, 4) is 0 Å². The maximum Gasteiger partial charge on any atom is 0.00168 e. The van der Waals surface area contributed by atoms with Crippen molar-refractivity contribution >= 4 is 12.6 Å². The Hall–Kier alpha value is 0.350. The molecule has 76 valence electrons. The van der Waals surface area contributed by atoms with Gasteiger partial charge in [0.1, 0.15) is 0 Å². The lowest BCUT2D eigenvalue weighted by atomic mass is 9.92. The third-order valence-electron chi connectivity index (χ3n) is 2.25. The van der Waals surface area contributed by atoms with Gasteiger partial charge in [0.15, 0.2) is 0 Å². The molecule has 0 aliphatic rings. The van der Waals surface area contributed by atoms with E-state index in [4.69, 9.17) is 0 Å². The van der Waals surface area contributed by atoms with Gasteiger partial charge in [-0.1, -0.05) is 41.5 Å². The van der Waals surface area contributed by atoms with Crippen molar-refractivity contribution < 1.29 is 0 Å². The van der Waals surface area contributed by atoms with E-state index in [-0.39, 0.29) is 0 Å². The molecule has 0 amide bonds. The normalized spacial score (nSPS) is 15.0. The van der Waals surface area contributed by atoms with E-state index in [0.717, 1.165) is 11.8 Å². The van der Waals surface area contributed by atoms with E-state index >= 15 is 0 Å². The fraction of sp³-hybridized carbons (Fsp3) is 1.00. The second-order valence-electron chi connectivity index (χ2n) is 3.52. The number of thiol groups is 1. The molecule has 0 heterocycles. The van der Waals surface area contributed by atoms with Crippen LogP contribution in [0.25, 0.3) is 0 Å². The summed E-state index contributed by atoms with van der Waals surface area (Å²) in [6, 6.07) is 0. The van der Waals surface area contributed by atoms with Gasteiger partial charge in [0, 0.05) is 5.25 Å². The summed E-state index contributed by atoms with van der Waals surface area (Å²) in [5.74, 6) is 1.63. The molecule has 1 heteroatoms. The summed E-state index contributed by atoms with van der Waals surface area (Å²) in [4.78, 5) is 0. The Labute approximate surface area is 84.5 Å². The topological polar surface area (TPSA) is 0 Å². The second kappa shape index (κ2) is 9.44. The first-order valence-electron chi connectivity index (χ1n) is 5.26. The first-order chi connectivity index (χ1) is 5.57. The largest absolute Gasteiger partial charge is 0.176 e. The summed E-state index contributed by atoms with van der Waals surface area (Å²) in [6.45, 7) is 13.1.